The number of ether oxygens (including phenoxy) is 2. The van der Waals surface area contributed by atoms with Gasteiger partial charge in [0.25, 0.3) is 0 Å². The molecule has 0 bridgehead atoms. The van der Waals surface area contributed by atoms with E-state index >= 15 is 0 Å². The summed E-state index contributed by atoms with van der Waals surface area (Å²) in [5.74, 6) is -1.32. The molecule has 1 saturated carbocycles. The molecule has 3 fully saturated rings. The summed E-state index contributed by atoms with van der Waals surface area (Å²) in [5.41, 5.74) is 0.353. The van der Waals surface area contributed by atoms with Crippen LogP contribution in [0.3, 0.4) is 0 Å². The summed E-state index contributed by atoms with van der Waals surface area (Å²) in [6.07, 6.45) is 5.80. The minimum Gasteiger partial charge on any atom is -0.458 e. The van der Waals surface area contributed by atoms with Crippen LogP contribution in [0.5, 0.6) is 0 Å². The third-order valence-corrected chi connectivity index (χ3v) is 8.88. The highest BCUT2D eigenvalue weighted by Crippen LogP contribution is 2.49. The smallest absolute Gasteiger partial charge is 0.309 e. The lowest BCUT2D eigenvalue weighted by molar-refractivity contribution is -0.161. The zero-order chi connectivity index (χ0) is 26.1. The molecule has 0 amide bonds. The quantitative estimate of drug-likeness (QED) is 0.462. The number of epoxide rings is 1. The van der Waals surface area contributed by atoms with Crippen LogP contribution < -0.4 is 0 Å². The van der Waals surface area contributed by atoms with E-state index in [9.17, 15) is 19.8 Å². The summed E-state index contributed by atoms with van der Waals surface area (Å²) >= 11 is 0. The van der Waals surface area contributed by atoms with E-state index in [1.165, 1.54) is 0 Å². The molecule has 0 radical (unpaired) electrons. The van der Waals surface area contributed by atoms with Crippen molar-refractivity contribution in [2.45, 2.75) is 109 Å². The number of carbonyl (C=O) groups excluding carboxylic acids is 2. The Labute approximate surface area is 214 Å². The van der Waals surface area contributed by atoms with Gasteiger partial charge < -0.3 is 19.7 Å². The number of hydrogen-bond donors (Lipinski definition) is 2. The lowest BCUT2D eigenvalue weighted by Crippen LogP contribution is -2.53. The van der Waals surface area contributed by atoms with Crippen LogP contribution in [0.2, 0.25) is 0 Å². The Bertz CT molecular complexity index is 973. The molecule has 7 nitrogen and oxygen atoms in total. The first-order valence-electron chi connectivity index (χ1n) is 13.4. The molecule has 2 aliphatic heterocycles. The zero-order valence-corrected chi connectivity index (χ0v) is 22.0. The van der Waals surface area contributed by atoms with Crippen molar-refractivity contribution >= 4 is 17.8 Å². The standard InChI is InChI=1S/C29H41NO6/c1-18-9-7-11-28(4)24(36-28)16-22(19(2)15-21-10-5-6-14-30-21)35-25(32)17-23(31)29(12-8-13-29)27(34)20(3)26(18)33/h5-6,10,14-15,18,20,22-24,26,31,33H,7-9,11-13,16-17H2,1-4H3/t18-,20+,22-,23-,24?,26+,28?/m0/s1. The highest BCUT2D eigenvalue weighted by Gasteiger charge is 2.54. The van der Waals surface area contributed by atoms with Crippen LogP contribution in [0.1, 0.15) is 84.8 Å². The summed E-state index contributed by atoms with van der Waals surface area (Å²) < 4.78 is 12.0. The highest BCUT2D eigenvalue weighted by atomic mass is 16.6. The van der Waals surface area contributed by atoms with Gasteiger partial charge in [0.2, 0.25) is 0 Å². The largest absolute Gasteiger partial charge is 0.458 e. The van der Waals surface area contributed by atoms with Gasteiger partial charge in [-0.25, -0.2) is 0 Å². The van der Waals surface area contributed by atoms with Crippen molar-refractivity contribution in [3.8, 4) is 0 Å². The molecular weight excluding hydrogens is 458 g/mol. The van der Waals surface area contributed by atoms with Gasteiger partial charge in [0.15, 0.2) is 0 Å². The maximum Gasteiger partial charge on any atom is 0.309 e. The Morgan fingerprint density at radius 3 is 2.53 bits per heavy atom. The van der Waals surface area contributed by atoms with Gasteiger partial charge in [0, 0.05) is 18.5 Å². The van der Waals surface area contributed by atoms with Crippen molar-refractivity contribution < 1.29 is 29.3 Å². The van der Waals surface area contributed by atoms with Crippen LogP contribution in [-0.2, 0) is 19.1 Å². The van der Waals surface area contributed by atoms with E-state index in [1.807, 2.05) is 38.1 Å². The molecule has 0 aromatic carbocycles. The van der Waals surface area contributed by atoms with E-state index in [0.29, 0.717) is 19.3 Å². The number of aromatic nitrogens is 1. The average molecular weight is 500 g/mol. The van der Waals surface area contributed by atoms with Gasteiger partial charge in [-0.05, 0) is 69.2 Å². The summed E-state index contributed by atoms with van der Waals surface area (Å²) in [6, 6.07) is 5.65. The number of esters is 1. The molecule has 1 spiro atoms. The second kappa shape index (κ2) is 10.7. The molecule has 2 saturated heterocycles. The minimum atomic E-state index is -1.13. The summed E-state index contributed by atoms with van der Waals surface area (Å²) in [4.78, 5) is 30.9. The van der Waals surface area contributed by atoms with Crippen LogP contribution in [0.4, 0.5) is 0 Å². The molecule has 3 heterocycles. The Balaban J connectivity index is 1.58. The van der Waals surface area contributed by atoms with Crippen LogP contribution in [0.25, 0.3) is 6.08 Å². The molecule has 2 N–H and O–H groups in total. The first kappa shape index (κ1) is 27.0. The van der Waals surface area contributed by atoms with Crippen LogP contribution in [0, 0.1) is 17.3 Å². The second-order valence-electron chi connectivity index (χ2n) is 11.5. The number of Topliss-reactive ketones (excluding diaryl/α,β-unsaturated/α-hetero) is 1. The van der Waals surface area contributed by atoms with Crippen LogP contribution in [0.15, 0.2) is 30.0 Å². The molecule has 1 aliphatic carbocycles. The van der Waals surface area contributed by atoms with Crippen LogP contribution >= 0.6 is 0 Å². The fourth-order valence-electron chi connectivity index (χ4n) is 6.03. The predicted octanol–water partition coefficient (Wildman–Crippen LogP) is 4.25. The number of aliphatic hydroxyl groups is 2. The summed E-state index contributed by atoms with van der Waals surface area (Å²) in [7, 11) is 0. The first-order valence-corrected chi connectivity index (χ1v) is 13.4. The predicted molar refractivity (Wildman–Crippen MR) is 136 cm³/mol. The maximum absolute atomic E-state index is 13.5. The number of carbonyl (C=O) groups is 2. The number of nitrogens with zero attached hydrogens (tertiary/aromatic N) is 1. The number of hydrogen-bond acceptors (Lipinski definition) is 7. The van der Waals surface area contributed by atoms with Gasteiger partial charge in [-0.3, -0.25) is 14.6 Å². The van der Waals surface area contributed by atoms with Crippen molar-refractivity contribution in [3.05, 3.63) is 35.7 Å². The van der Waals surface area contributed by atoms with E-state index in [-0.39, 0.29) is 29.8 Å². The third-order valence-electron chi connectivity index (χ3n) is 8.88. The van der Waals surface area contributed by atoms with Gasteiger partial charge in [0.1, 0.15) is 11.9 Å². The first-order chi connectivity index (χ1) is 17.1. The summed E-state index contributed by atoms with van der Waals surface area (Å²) in [6.45, 7) is 7.73. The fourth-order valence-corrected chi connectivity index (χ4v) is 6.03. The SMILES string of the molecule is CC(=Cc1ccccn1)[C@@H]1CC2OC2(C)CCC[C@H](C)[C@@H](O)[C@@H](C)C(=O)C2(CCC2)[C@@H](O)CC(=O)O1. The van der Waals surface area contributed by atoms with Gasteiger partial charge in [-0.2, -0.15) is 0 Å². The van der Waals surface area contributed by atoms with E-state index in [0.717, 1.165) is 37.0 Å². The zero-order valence-electron chi connectivity index (χ0n) is 22.0. The third kappa shape index (κ3) is 5.58. The van der Waals surface area contributed by atoms with Gasteiger partial charge in [-0.15, -0.1) is 0 Å². The number of aliphatic hydroxyl groups excluding tert-OH is 2. The fraction of sp³-hybridized carbons (Fsp3) is 0.690. The second-order valence-corrected chi connectivity index (χ2v) is 11.5. The Morgan fingerprint density at radius 1 is 1.14 bits per heavy atom. The topological polar surface area (TPSA) is 109 Å². The molecule has 36 heavy (non-hydrogen) atoms. The highest BCUT2D eigenvalue weighted by molar-refractivity contribution is 5.89. The average Bonchev–Trinajstić information content (AvgIpc) is 3.45. The van der Waals surface area contributed by atoms with E-state index < -0.39 is 35.6 Å². The molecule has 2 unspecified atom stereocenters. The lowest BCUT2D eigenvalue weighted by atomic mass is 9.58. The number of cyclic esters (lactones) is 1. The Hall–Kier alpha value is -2.09. The molecule has 1 aromatic rings. The Kier molecular flexibility index (Phi) is 8.03. The van der Waals surface area contributed by atoms with E-state index in [4.69, 9.17) is 9.47 Å². The van der Waals surface area contributed by atoms with Crippen LogP contribution in [-0.4, -0.2) is 57.0 Å². The maximum atomic E-state index is 13.5. The number of pyridine rings is 1. The number of ketones is 1. The normalized spacial score (nSPS) is 38.1. The molecule has 1 aromatic heterocycles. The van der Waals surface area contributed by atoms with Crippen molar-refractivity contribution in [2.75, 3.05) is 0 Å². The molecular formula is C29H41NO6. The number of rotatable bonds is 2. The molecule has 7 atom stereocenters. The van der Waals surface area contributed by atoms with Crippen molar-refractivity contribution in [1.82, 2.24) is 4.98 Å². The monoisotopic (exact) mass is 499 g/mol. The molecule has 3 aliphatic rings. The molecule has 198 valence electrons. The molecule has 4 rings (SSSR count). The Morgan fingerprint density at radius 2 is 1.89 bits per heavy atom. The van der Waals surface area contributed by atoms with E-state index in [2.05, 4.69) is 11.9 Å². The van der Waals surface area contributed by atoms with Crippen molar-refractivity contribution in [1.29, 1.82) is 0 Å². The van der Waals surface area contributed by atoms with Crippen molar-refractivity contribution in [3.63, 3.8) is 0 Å². The minimum absolute atomic E-state index is 0.0427. The van der Waals surface area contributed by atoms with Crippen molar-refractivity contribution in [2.24, 2.45) is 17.3 Å². The molecule has 7 heteroatoms. The van der Waals surface area contributed by atoms with Gasteiger partial charge in [-0.1, -0.05) is 32.8 Å². The lowest BCUT2D eigenvalue weighted by Gasteiger charge is -2.46. The van der Waals surface area contributed by atoms with E-state index in [1.54, 1.807) is 13.1 Å². The number of fused-ring (bicyclic) bond motifs is 1. The van der Waals surface area contributed by atoms with Gasteiger partial charge in [0.05, 0.1) is 41.4 Å². The summed E-state index contributed by atoms with van der Waals surface area (Å²) in [5, 5.41) is 22.0. The van der Waals surface area contributed by atoms with Gasteiger partial charge >= 0.3 is 5.97 Å².